The third-order valence-electron chi connectivity index (χ3n) is 4.18. The lowest BCUT2D eigenvalue weighted by Gasteiger charge is -2.16. The molecule has 1 fully saturated rings. The van der Waals surface area contributed by atoms with E-state index >= 15 is 0 Å². The number of rotatable bonds is 6. The summed E-state index contributed by atoms with van der Waals surface area (Å²) < 4.78 is 10.4. The molecule has 0 spiro atoms. The highest BCUT2D eigenvalue weighted by Crippen LogP contribution is 2.29. The minimum absolute atomic E-state index is 0.00299. The van der Waals surface area contributed by atoms with Crippen molar-refractivity contribution in [1.29, 1.82) is 0 Å². The molecule has 0 bridgehead atoms. The second kappa shape index (κ2) is 7.67. The lowest BCUT2D eigenvalue weighted by molar-refractivity contribution is -0.143. The zero-order chi connectivity index (χ0) is 19.6. The molecule has 1 saturated heterocycles. The Labute approximate surface area is 161 Å². The van der Waals surface area contributed by atoms with Gasteiger partial charge in [0.05, 0.1) is 27.3 Å². The summed E-state index contributed by atoms with van der Waals surface area (Å²) in [5, 5.41) is 0.545. The van der Waals surface area contributed by atoms with Crippen molar-refractivity contribution < 1.29 is 23.9 Å². The molecule has 2 aromatic rings. The molecule has 4 amide bonds. The molecular formula is C19H17ClN2O5. The van der Waals surface area contributed by atoms with Gasteiger partial charge in [-0.1, -0.05) is 29.8 Å². The summed E-state index contributed by atoms with van der Waals surface area (Å²) >= 11 is 5.84. The van der Waals surface area contributed by atoms with E-state index < -0.39 is 17.8 Å². The number of methoxy groups -OCH3 is 2. The van der Waals surface area contributed by atoms with Gasteiger partial charge < -0.3 is 9.47 Å². The van der Waals surface area contributed by atoms with E-state index in [2.05, 4.69) is 0 Å². The van der Waals surface area contributed by atoms with Crippen LogP contribution in [0.25, 0.3) is 0 Å². The summed E-state index contributed by atoms with van der Waals surface area (Å²) in [4.78, 5) is 39.0. The fourth-order valence-corrected chi connectivity index (χ4v) is 2.89. The number of urea groups is 1. The summed E-state index contributed by atoms with van der Waals surface area (Å²) in [6, 6.07) is 11.1. The van der Waals surface area contributed by atoms with Crippen molar-refractivity contribution in [3.63, 3.8) is 0 Å². The molecule has 0 unspecified atom stereocenters. The molecule has 0 aromatic heterocycles. The van der Waals surface area contributed by atoms with Crippen molar-refractivity contribution >= 4 is 29.4 Å². The van der Waals surface area contributed by atoms with Crippen molar-refractivity contribution in [2.24, 2.45) is 0 Å². The molecule has 8 heteroatoms. The number of halogens is 1. The van der Waals surface area contributed by atoms with Crippen molar-refractivity contribution in [3.05, 3.63) is 58.6 Å². The molecule has 1 aliphatic heterocycles. The van der Waals surface area contributed by atoms with Crippen molar-refractivity contribution in [2.75, 3.05) is 14.2 Å². The average Bonchev–Trinajstić information content (AvgIpc) is 2.87. The standard InChI is InChI=1S/C19H17ClN2O5/c1-26-15-8-5-13(9-16(15)27-2)11-22-18(24)17(23)21(19(22)25)10-12-3-6-14(20)7-4-12/h3-9H,10-11H2,1-2H3. The van der Waals surface area contributed by atoms with Gasteiger partial charge in [-0.15, -0.1) is 0 Å². The summed E-state index contributed by atoms with van der Waals surface area (Å²) in [5.41, 5.74) is 1.33. The first-order valence-electron chi connectivity index (χ1n) is 8.07. The SMILES string of the molecule is COc1ccc(CN2C(=O)C(=O)N(Cc3ccc(Cl)cc3)C2=O)cc1OC. The first kappa shape index (κ1) is 18.7. The predicted octanol–water partition coefficient (Wildman–Crippen LogP) is 2.85. The number of imide groups is 2. The predicted molar refractivity (Wildman–Crippen MR) is 97.5 cm³/mol. The summed E-state index contributed by atoms with van der Waals surface area (Å²) in [5.74, 6) is -0.710. The zero-order valence-electron chi connectivity index (χ0n) is 14.8. The van der Waals surface area contributed by atoms with Crippen LogP contribution in [0.15, 0.2) is 42.5 Å². The number of benzene rings is 2. The molecule has 1 aliphatic rings. The molecule has 0 atom stereocenters. The van der Waals surface area contributed by atoms with E-state index in [-0.39, 0.29) is 13.1 Å². The van der Waals surface area contributed by atoms with Crippen LogP contribution in [0.4, 0.5) is 4.79 Å². The van der Waals surface area contributed by atoms with Gasteiger partial charge in [0, 0.05) is 5.02 Å². The van der Waals surface area contributed by atoms with Gasteiger partial charge in [-0.3, -0.25) is 19.4 Å². The monoisotopic (exact) mass is 388 g/mol. The number of amides is 4. The quantitative estimate of drug-likeness (QED) is 0.561. The highest BCUT2D eigenvalue weighted by atomic mass is 35.5. The number of ether oxygens (including phenoxy) is 2. The molecule has 0 aliphatic carbocycles. The van der Waals surface area contributed by atoms with Gasteiger partial charge in [0.25, 0.3) is 0 Å². The van der Waals surface area contributed by atoms with E-state index in [1.807, 2.05) is 0 Å². The second-order valence-electron chi connectivity index (χ2n) is 5.88. The maximum atomic E-state index is 12.6. The highest BCUT2D eigenvalue weighted by Gasteiger charge is 2.44. The van der Waals surface area contributed by atoms with Gasteiger partial charge in [-0.2, -0.15) is 0 Å². The number of carbonyl (C=O) groups excluding carboxylic acids is 3. The van der Waals surface area contributed by atoms with Crippen LogP contribution >= 0.6 is 11.6 Å². The van der Waals surface area contributed by atoms with Gasteiger partial charge in [0.15, 0.2) is 11.5 Å². The van der Waals surface area contributed by atoms with E-state index in [9.17, 15) is 14.4 Å². The van der Waals surface area contributed by atoms with Crippen LogP contribution in [0, 0.1) is 0 Å². The van der Waals surface area contributed by atoms with Gasteiger partial charge in [-0.05, 0) is 35.4 Å². The lowest BCUT2D eigenvalue weighted by atomic mass is 10.2. The van der Waals surface area contributed by atoms with Crippen LogP contribution in [0.1, 0.15) is 11.1 Å². The Hall–Kier alpha value is -3.06. The van der Waals surface area contributed by atoms with E-state index in [4.69, 9.17) is 21.1 Å². The first-order valence-corrected chi connectivity index (χ1v) is 8.45. The summed E-state index contributed by atoms with van der Waals surface area (Å²) in [6.07, 6.45) is 0. The Morgan fingerprint density at radius 3 is 1.85 bits per heavy atom. The maximum absolute atomic E-state index is 12.6. The van der Waals surface area contributed by atoms with Crippen molar-refractivity contribution in [3.8, 4) is 11.5 Å². The first-order chi connectivity index (χ1) is 12.9. The molecule has 7 nitrogen and oxygen atoms in total. The van der Waals surface area contributed by atoms with Gasteiger partial charge >= 0.3 is 17.8 Å². The Balaban J connectivity index is 1.78. The number of hydrogen-bond donors (Lipinski definition) is 0. The lowest BCUT2D eigenvalue weighted by Crippen LogP contribution is -2.32. The minimum atomic E-state index is -0.858. The number of nitrogens with zero attached hydrogens (tertiary/aromatic N) is 2. The van der Waals surface area contributed by atoms with Crippen LogP contribution in [0.2, 0.25) is 5.02 Å². The van der Waals surface area contributed by atoms with E-state index in [1.165, 1.54) is 14.2 Å². The largest absolute Gasteiger partial charge is 0.493 e. The summed E-state index contributed by atoms with van der Waals surface area (Å²) in [7, 11) is 3.00. The van der Waals surface area contributed by atoms with E-state index in [0.29, 0.717) is 27.6 Å². The second-order valence-corrected chi connectivity index (χ2v) is 6.32. The Bertz CT molecular complexity index is 897. The molecule has 0 saturated carbocycles. The number of hydrogen-bond acceptors (Lipinski definition) is 5. The van der Waals surface area contributed by atoms with Gasteiger partial charge in [0.2, 0.25) is 0 Å². The topological polar surface area (TPSA) is 76.2 Å². The molecule has 140 valence electrons. The zero-order valence-corrected chi connectivity index (χ0v) is 15.5. The molecule has 0 radical (unpaired) electrons. The Morgan fingerprint density at radius 2 is 1.30 bits per heavy atom. The van der Waals surface area contributed by atoms with Gasteiger partial charge in [-0.25, -0.2) is 4.79 Å². The highest BCUT2D eigenvalue weighted by molar-refractivity contribution is 6.44. The van der Waals surface area contributed by atoms with Crippen LogP contribution < -0.4 is 9.47 Å². The molecule has 2 aromatic carbocycles. The summed E-state index contributed by atoms with van der Waals surface area (Å²) in [6.45, 7) is -0.0378. The fourth-order valence-electron chi connectivity index (χ4n) is 2.76. The van der Waals surface area contributed by atoms with Crippen LogP contribution in [0.3, 0.4) is 0 Å². The molecule has 27 heavy (non-hydrogen) atoms. The third-order valence-corrected chi connectivity index (χ3v) is 4.43. The molecule has 1 heterocycles. The van der Waals surface area contributed by atoms with E-state index in [0.717, 1.165) is 9.80 Å². The van der Waals surface area contributed by atoms with Gasteiger partial charge in [0.1, 0.15) is 0 Å². The van der Waals surface area contributed by atoms with Crippen LogP contribution in [-0.4, -0.2) is 41.9 Å². The minimum Gasteiger partial charge on any atom is -0.493 e. The number of carbonyl (C=O) groups is 3. The Kier molecular flexibility index (Phi) is 5.32. The van der Waals surface area contributed by atoms with E-state index in [1.54, 1.807) is 42.5 Å². The van der Waals surface area contributed by atoms with Crippen LogP contribution in [0.5, 0.6) is 11.5 Å². The smallest absolute Gasteiger partial charge is 0.334 e. The van der Waals surface area contributed by atoms with Crippen molar-refractivity contribution in [1.82, 2.24) is 9.80 Å². The van der Waals surface area contributed by atoms with Crippen LogP contribution in [-0.2, 0) is 22.7 Å². The molecular weight excluding hydrogens is 372 g/mol. The normalized spacial score (nSPS) is 14.1. The van der Waals surface area contributed by atoms with Crippen molar-refractivity contribution in [2.45, 2.75) is 13.1 Å². The average molecular weight is 389 g/mol. The molecule has 3 rings (SSSR count). The third kappa shape index (κ3) is 3.73. The molecule has 0 N–H and O–H groups in total. The maximum Gasteiger partial charge on any atom is 0.334 e. The Morgan fingerprint density at radius 1 is 0.778 bits per heavy atom. The fraction of sp³-hybridized carbons (Fsp3) is 0.211.